The van der Waals surface area contributed by atoms with Gasteiger partial charge in [0.2, 0.25) is 0 Å². The molecule has 0 aliphatic rings. The molecule has 2 heterocycles. The molecule has 0 atom stereocenters. The smallest absolute Gasteiger partial charge is 0.254 e. The van der Waals surface area contributed by atoms with Crippen LogP contribution in [0.1, 0.15) is 5.56 Å². The van der Waals surface area contributed by atoms with Gasteiger partial charge in [0, 0.05) is 28.7 Å². The zero-order valence-corrected chi connectivity index (χ0v) is 17.9. The van der Waals surface area contributed by atoms with Crippen molar-refractivity contribution in [2.45, 2.75) is 6.54 Å². The van der Waals surface area contributed by atoms with E-state index in [0.717, 1.165) is 22.5 Å². The molecule has 164 valence electrons. The van der Waals surface area contributed by atoms with Crippen LogP contribution in [0.4, 0.5) is 10.1 Å². The number of ether oxygens (including phenoxy) is 1. The van der Waals surface area contributed by atoms with Crippen molar-refractivity contribution in [1.29, 1.82) is 0 Å². The Bertz CT molecular complexity index is 1470. The van der Waals surface area contributed by atoms with Crippen LogP contribution in [-0.2, 0) is 6.54 Å². The number of halogens is 1. The molecule has 2 N–H and O–H groups in total. The maximum Gasteiger partial charge on any atom is 0.254 e. The van der Waals surface area contributed by atoms with Crippen LogP contribution in [0.15, 0.2) is 89.7 Å². The Labute approximate surface area is 189 Å². The molecule has 0 saturated carbocycles. The second-order valence-corrected chi connectivity index (χ2v) is 7.57. The lowest BCUT2D eigenvalue weighted by atomic mass is 10.1. The number of pyridine rings is 1. The third-order valence-corrected chi connectivity index (χ3v) is 5.44. The molecule has 0 radical (unpaired) electrons. The first-order valence-corrected chi connectivity index (χ1v) is 10.5. The first-order valence-electron chi connectivity index (χ1n) is 10.5. The molecule has 0 saturated heterocycles. The maximum atomic E-state index is 14.0. The van der Waals surface area contributed by atoms with E-state index in [4.69, 9.17) is 9.84 Å². The van der Waals surface area contributed by atoms with Crippen LogP contribution in [0.2, 0.25) is 0 Å². The molecule has 0 amide bonds. The van der Waals surface area contributed by atoms with Crippen LogP contribution in [-0.4, -0.2) is 21.9 Å². The highest BCUT2D eigenvalue weighted by atomic mass is 19.1. The van der Waals surface area contributed by atoms with Crippen LogP contribution >= 0.6 is 0 Å². The highest BCUT2D eigenvalue weighted by molar-refractivity contribution is 5.92. The summed E-state index contributed by atoms with van der Waals surface area (Å²) in [5.41, 5.74) is 3.77. The minimum atomic E-state index is -0.347. The zero-order valence-electron chi connectivity index (χ0n) is 17.9. The number of hydrogen-bond acceptors (Lipinski definition) is 4. The fraction of sp³-hybridized carbons (Fsp3) is 0.0769. The number of benzene rings is 3. The summed E-state index contributed by atoms with van der Waals surface area (Å²) in [4.78, 5) is 15.9. The zero-order chi connectivity index (χ0) is 22.8. The van der Waals surface area contributed by atoms with E-state index < -0.39 is 0 Å². The number of fused-ring (bicyclic) bond motifs is 1. The molecule has 5 rings (SSSR count). The van der Waals surface area contributed by atoms with Crippen molar-refractivity contribution in [1.82, 2.24) is 14.8 Å². The molecular weight excluding hydrogens is 419 g/mol. The summed E-state index contributed by atoms with van der Waals surface area (Å²) in [6, 6.07) is 25.1. The van der Waals surface area contributed by atoms with Gasteiger partial charge in [0.1, 0.15) is 22.9 Å². The molecule has 3 aromatic carbocycles. The standard InChI is InChI=1S/C26H21FN4O2/c1-33-22-12-10-20(11-13-22)28-16-18-15-23-24(17-6-5-7-19(27)14-17)30-31(25(23)29-26(18)32)21-8-3-2-4-9-21/h2-15,28H,16H2,1H3,(H,29,32). The number of aromatic nitrogens is 3. The number of rotatable bonds is 6. The van der Waals surface area contributed by atoms with Gasteiger partial charge in [0.05, 0.1) is 12.8 Å². The van der Waals surface area contributed by atoms with Gasteiger partial charge in [-0.3, -0.25) is 4.79 Å². The molecule has 2 aromatic heterocycles. The average Bonchev–Trinajstić information content (AvgIpc) is 3.21. The second-order valence-electron chi connectivity index (χ2n) is 7.57. The van der Waals surface area contributed by atoms with Crippen molar-refractivity contribution in [3.05, 3.63) is 107 Å². The van der Waals surface area contributed by atoms with Gasteiger partial charge in [-0.25, -0.2) is 9.07 Å². The second kappa shape index (κ2) is 8.63. The Morgan fingerprint density at radius 2 is 1.79 bits per heavy atom. The summed E-state index contributed by atoms with van der Waals surface area (Å²) in [6.07, 6.45) is 0. The Kier molecular flexibility index (Phi) is 5.36. The molecular formula is C26H21FN4O2. The average molecular weight is 440 g/mol. The molecule has 7 heteroatoms. The number of para-hydroxylation sites is 1. The maximum absolute atomic E-state index is 14.0. The van der Waals surface area contributed by atoms with Crippen molar-refractivity contribution in [3.8, 4) is 22.7 Å². The number of H-pyrrole nitrogens is 1. The lowest BCUT2D eigenvalue weighted by Crippen LogP contribution is -2.16. The highest BCUT2D eigenvalue weighted by Gasteiger charge is 2.17. The quantitative estimate of drug-likeness (QED) is 0.384. The summed E-state index contributed by atoms with van der Waals surface area (Å²) in [5.74, 6) is 0.411. The Morgan fingerprint density at radius 3 is 2.52 bits per heavy atom. The minimum absolute atomic E-state index is 0.216. The molecule has 0 bridgehead atoms. The summed E-state index contributed by atoms with van der Waals surface area (Å²) >= 11 is 0. The van der Waals surface area contributed by atoms with Gasteiger partial charge in [-0.1, -0.05) is 30.3 Å². The largest absolute Gasteiger partial charge is 0.497 e. The van der Waals surface area contributed by atoms with Gasteiger partial charge in [0.15, 0.2) is 0 Å². The van der Waals surface area contributed by atoms with Crippen LogP contribution in [0.5, 0.6) is 5.75 Å². The van der Waals surface area contributed by atoms with E-state index >= 15 is 0 Å². The van der Waals surface area contributed by atoms with Crippen molar-refractivity contribution in [3.63, 3.8) is 0 Å². The van der Waals surface area contributed by atoms with Gasteiger partial charge >= 0.3 is 0 Å². The lowest BCUT2D eigenvalue weighted by molar-refractivity contribution is 0.415. The van der Waals surface area contributed by atoms with Gasteiger partial charge in [-0.2, -0.15) is 5.10 Å². The monoisotopic (exact) mass is 440 g/mol. The molecule has 0 spiro atoms. The van der Waals surface area contributed by atoms with E-state index in [2.05, 4.69) is 10.3 Å². The Morgan fingerprint density at radius 1 is 1.00 bits per heavy atom. The third kappa shape index (κ3) is 4.08. The van der Waals surface area contributed by atoms with E-state index in [0.29, 0.717) is 29.0 Å². The topological polar surface area (TPSA) is 71.9 Å². The van der Waals surface area contributed by atoms with Crippen LogP contribution < -0.4 is 15.6 Å². The van der Waals surface area contributed by atoms with E-state index in [1.807, 2.05) is 60.7 Å². The van der Waals surface area contributed by atoms with Crippen molar-refractivity contribution >= 4 is 16.7 Å². The summed E-state index contributed by atoms with van der Waals surface area (Å²) in [7, 11) is 1.61. The van der Waals surface area contributed by atoms with E-state index in [1.54, 1.807) is 23.9 Å². The van der Waals surface area contributed by atoms with E-state index in [-0.39, 0.29) is 11.4 Å². The van der Waals surface area contributed by atoms with E-state index in [1.165, 1.54) is 12.1 Å². The molecule has 6 nitrogen and oxygen atoms in total. The van der Waals surface area contributed by atoms with Crippen LogP contribution in [0.25, 0.3) is 28.0 Å². The first-order chi connectivity index (χ1) is 16.1. The summed E-state index contributed by atoms with van der Waals surface area (Å²) < 4.78 is 20.8. The molecule has 0 fully saturated rings. The molecule has 0 aliphatic carbocycles. The number of anilines is 1. The lowest BCUT2D eigenvalue weighted by Gasteiger charge is -2.08. The van der Waals surface area contributed by atoms with Gasteiger partial charge in [0.25, 0.3) is 5.56 Å². The molecule has 5 aromatic rings. The van der Waals surface area contributed by atoms with Crippen molar-refractivity contribution in [2.75, 3.05) is 12.4 Å². The number of aromatic amines is 1. The number of nitrogens with one attached hydrogen (secondary N) is 2. The van der Waals surface area contributed by atoms with Gasteiger partial charge in [-0.05, 0) is 54.6 Å². The SMILES string of the molecule is COc1ccc(NCc2cc3c(-c4cccc(F)c4)nn(-c4ccccc4)c3[nH]c2=O)cc1. The Balaban J connectivity index is 1.60. The number of methoxy groups -OCH3 is 1. The van der Waals surface area contributed by atoms with E-state index in [9.17, 15) is 9.18 Å². The van der Waals surface area contributed by atoms with Crippen molar-refractivity contribution < 1.29 is 9.13 Å². The number of hydrogen-bond donors (Lipinski definition) is 2. The third-order valence-electron chi connectivity index (χ3n) is 5.44. The number of nitrogens with zero attached hydrogens (tertiary/aromatic N) is 2. The predicted molar refractivity (Wildman–Crippen MR) is 127 cm³/mol. The van der Waals surface area contributed by atoms with Crippen LogP contribution in [0.3, 0.4) is 0 Å². The first kappa shape index (κ1) is 20.5. The van der Waals surface area contributed by atoms with Gasteiger partial charge in [-0.15, -0.1) is 0 Å². The fourth-order valence-electron chi connectivity index (χ4n) is 3.76. The van der Waals surface area contributed by atoms with Crippen molar-refractivity contribution in [2.24, 2.45) is 0 Å². The molecule has 0 unspecified atom stereocenters. The Hall–Kier alpha value is -4.39. The normalized spacial score (nSPS) is 11.0. The van der Waals surface area contributed by atoms with Crippen LogP contribution in [0, 0.1) is 5.82 Å². The minimum Gasteiger partial charge on any atom is -0.497 e. The summed E-state index contributed by atoms with van der Waals surface area (Å²) in [5, 5.41) is 8.73. The summed E-state index contributed by atoms with van der Waals surface area (Å²) in [6.45, 7) is 0.316. The molecule has 33 heavy (non-hydrogen) atoms. The molecule has 0 aliphatic heterocycles. The predicted octanol–water partition coefficient (Wildman–Crippen LogP) is 5.14. The highest BCUT2D eigenvalue weighted by Crippen LogP contribution is 2.29. The van der Waals surface area contributed by atoms with Gasteiger partial charge < -0.3 is 15.0 Å². The fourth-order valence-corrected chi connectivity index (χ4v) is 3.76.